The molecule has 0 aliphatic carbocycles. The van der Waals surface area contributed by atoms with Crippen LogP contribution in [-0.4, -0.2) is 26.7 Å². The summed E-state index contributed by atoms with van der Waals surface area (Å²) in [5.41, 5.74) is 3.55. The van der Waals surface area contributed by atoms with E-state index in [0.29, 0.717) is 6.04 Å². The van der Waals surface area contributed by atoms with Crippen molar-refractivity contribution in [1.29, 1.82) is 0 Å². The molecule has 1 aromatic carbocycles. The molecule has 0 radical (unpaired) electrons. The number of pyridine rings is 1. The third-order valence-corrected chi connectivity index (χ3v) is 3.94. The minimum absolute atomic E-state index is 0.336. The van der Waals surface area contributed by atoms with Crippen LogP contribution in [0.2, 0.25) is 0 Å². The molecular formula is C18H20N4. The van der Waals surface area contributed by atoms with E-state index in [2.05, 4.69) is 59.4 Å². The molecule has 4 heteroatoms. The van der Waals surface area contributed by atoms with Crippen LogP contribution < -0.4 is 0 Å². The van der Waals surface area contributed by atoms with Gasteiger partial charge < -0.3 is 0 Å². The standard InChI is InChI=1S/C18H20N4/c1-15(17-8-10-19-11-9-17)21(2)13-16-12-20-22(14-16)18-6-4-3-5-7-18/h3-12,14-15H,13H2,1-2H3/t15-/m1/s1. The molecule has 22 heavy (non-hydrogen) atoms. The van der Waals surface area contributed by atoms with Gasteiger partial charge in [-0.1, -0.05) is 18.2 Å². The predicted octanol–water partition coefficient (Wildman–Crippen LogP) is 3.46. The number of hydrogen-bond donors (Lipinski definition) is 0. The molecule has 0 spiro atoms. The van der Waals surface area contributed by atoms with E-state index in [1.165, 1.54) is 11.1 Å². The molecular weight excluding hydrogens is 272 g/mol. The van der Waals surface area contributed by atoms with Crippen LogP contribution in [0.5, 0.6) is 0 Å². The SMILES string of the molecule is C[C@H](c1ccncc1)N(C)Cc1cnn(-c2ccccc2)c1. The van der Waals surface area contributed by atoms with Gasteiger partial charge in [0.25, 0.3) is 0 Å². The molecule has 1 atom stereocenters. The second kappa shape index (κ2) is 6.54. The number of hydrogen-bond acceptors (Lipinski definition) is 3. The monoisotopic (exact) mass is 292 g/mol. The Kier molecular flexibility index (Phi) is 4.30. The lowest BCUT2D eigenvalue weighted by atomic mass is 10.1. The molecule has 0 bridgehead atoms. The van der Waals surface area contributed by atoms with Crippen molar-refractivity contribution in [3.63, 3.8) is 0 Å². The van der Waals surface area contributed by atoms with Crippen molar-refractivity contribution in [2.24, 2.45) is 0 Å². The predicted molar refractivity (Wildman–Crippen MR) is 87.7 cm³/mol. The van der Waals surface area contributed by atoms with Gasteiger partial charge in [0.2, 0.25) is 0 Å². The van der Waals surface area contributed by atoms with Gasteiger partial charge in [-0.15, -0.1) is 0 Å². The van der Waals surface area contributed by atoms with Crippen molar-refractivity contribution in [1.82, 2.24) is 19.7 Å². The Bertz CT molecular complexity index is 706. The van der Waals surface area contributed by atoms with Gasteiger partial charge in [-0.25, -0.2) is 4.68 Å². The quantitative estimate of drug-likeness (QED) is 0.722. The maximum absolute atomic E-state index is 4.45. The van der Waals surface area contributed by atoms with Gasteiger partial charge in [0.05, 0.1) is 11.9 Å². The van der Waals surface area contributed by atoms with Crippen molar-refractivity contribution in [2.75, 3.05) is 7.05 Å². The molecule has 0 unspecified atom stereocenters. The summed E-state index contributed by atoms with van der Waals surface area (Å²) in [7, 11) is 2.13. The van der Waals surface area contributed by atoms with Crippen molar-refractivity contribution >= 4 is 0 Å². The maximum Gasteiger partial charge on any atom is 0.0645 e. The van der Waals surface area contributed by atoms with E-state index < -0.39 is 0 Å². The minimum atomic E-state index is 0.336. The zero-order valence-corrected chi connectivity index (χ0v) is 12.9. The Morgan fingerprint density at radius 3 is 2.55 bits per heavy atom. The van der Waals surface area contributed by atoms with Crippen LogP contribution in [0.15, 0.2) is 67.3 Å². The van der Waals surface area contributed by atoms with E-state index in [1.54, 1.807) is 0 Å². The lowest BCUT2D eigenvalue weighted by Crippen LogP contribution is -2.21. The van der Waals surface area contributed by atoms with Crippen LogP contribution in [0, 0.1) is 0 Å². The highest BCUT2D eigenvalue weighted by atomic mass is 15.3. The van der Waals surface area contributed by atoms with Crippen LogP contribution in [-0.2, 0) is 6.54 Å². The van der Waals surface area contributed by atoms with Crippen molar-refractivity contribution in [3.05, 3.63) is 78.4 Å². The van der Waals surface area contributed by atoms with Crippen LogP contribution in [0.3, 0.4) is 0 Å². The van der Waals surface area contributed by atoms with Gasteiger partial charge in [0.15, 0.2) is 0 Å². The molecule has 3 rings (SSSR count). The summed E-state index contributed by atoms with van der Waals surface area (Å²) in [4.78, 5) is 6.38. The number of nitrogens with zero attached hydrogens (tertiary/aromatic N) is 4. The Balaban J connectivity index is 1.70. The third kappa shape index (κ3) is 3.23. The fourth-order valence-electron chi connectivity index (χ4n) is 2.49. The molecule has 0 saturated heterocycles. The van der Waals surface area contributed by atoms with Gasteiger partial charge >= 0.3 is 0 Å². The summed E-state index contributed by atoms with van der Waals surface area (Å²) < 4.78 is 1.92. The van der Waals surface area contributed by atoms with Crippen LogP contribution >= 0.6 is 0 Å². The number of para-hydroxylation sites is 1. The van der Waals surface area contributed by atoms with Crippen LogP contribution in [0.25, 0.3) is 5.69 Å². The number of aromatic nitrogens is 3. The molecule has 2 aromatic heterocycles. The largest absolute Gasteiger partial charge is 0.295 e. The van der Waals surface area contributed by atoms with Crippen LogP contribution in [0.4, 0.5) is 0 Å². The van der Waals surface area contributed by atoms with Gasteiger partial charge in [-0.05, 0) is 43.8 Å². The molecule has 0 N–H and O–H groups in total. The summed E-state index contributed by atoms with van der Waals surface area (Å²) in [5, 5.41) is 4.45. The molecule has 4 nitrogen and oxygen atoms in total. The van der Waals surface area contributed by atoms with Crippen molar-refractivity contribution in [3.8, 4) is 5.69 Å². The summed E-state index contributed by atoms with van der Waals surface area (Å²) in [6, 6.07) is 14.6. The molecule has 0 amide bonds. The highest BCUT2D eigenvalue weighted by Crippen LogP contribution is 2.20. The highest BCUT2D eigenvalue weighted by Gasteiger charge is 2.12. The van der Waals surface area contributed by atoms with Gasteiger partial charge in [-0.3, -0.25) is 9.88 Å². The van der Waals surface area contributed by atoms with E-state index in [-0.39, 0.29) is 0 Å². The normalized spacial score (nSPS) is 12.5. The van der Waals surface area contributed by atoms with Gasteiger partial charge in [0, 0.05) is 36.7 Å². The van der Waals surface area contributed by atoms with E-state index in [9.17, 15) is 0 Å². The Morgan fingerprint density at radius 1 is 1.09 bits per heavy atom. The fourth-order valence-corrected chi connectivity index (χ4v) is 2.49. The second-order valence-corrected chi connectivity index (χ2v) is 5.50. The zero-order valence-electron chi connectivity index (χ0n) is 12.9. The minimum Gasteiger partial charge on any atom is -0.295 e. The van der Waals surface area contributed by atoms with Crippen LogP contribution in [0.1, 0.15) is 24.1 Å². The summed E-state index contributed by atoms with van der Waals surface area (Å²) in [6.45, 7) is 3.06. The molecule has 0 saturated carbocycles. The average Bonchev–Trinajstić information content (AvgIpc) is 3.04. The lowest BCUT2D eigenvalue weighted by Gasteiger charge is -2.24. The molecule has 0 fully saturated rings. The highest BCUT2D eigenvalue weighted by molar-refractivity contribution is 5.30. The van der Waals surface area contributed by atoms with E-state index in [0.717, 1.165) is 12.2 Å². The first kappa shape index (κ1) is 14.5. The molecule has 3 aromatic rings. The molecule has 0 aliphatic heterocycles. The third-order valence-electron chi connectivity index (χ3n) is 3.94. The molecule has 2 heterocycles. The van der Waals surface area contributed by atoms with E-state index in [4.69, 9.17) is 0 Å². The van der Waals surface area contributed by atoms with Crippen molar-refractivity contribution < 1.29 is 0 Å². The summed E-state index contributed by atoms with van der Waals surface area (Å²) in [6.07, 6.45) is 7.70. The summed E-state index contributed by atoms with van der Waals surface area (Å²) in [5.74, 6) is 0. The molecule has 0 aliphatic rings. The Morgan fingerprint density at radius 2 is 1.82 bits per heavy atom. The number of rotatable bonds is 5. The maximum atomic E-state index is 4.45. The second-order valence-electron chi connectivity index (χ2n) is 5.50. The first-order valence-electron chi connectivity index (χ1n) is 7.43. The fraction of sp³-hybridized carbons (Fsp3) is 0.222. The Hall–Kier alpha value is -2.46. The first-order chi connectivity index (χ1) is 10.7. The van der Waals surface area contributed by atoms with E-state index >= 15 is 0 Å². The topological polar surface area (TPSA) is 34.0 Å². The smallest absolute Gasteiger partial charge is 0.0645 e. The summed E-state index contributed by atoms with van der Waals surface area (Å²) >= 11 is 0. The average molecular weight is 292 g/mol. The van der Waals surface area contributed by atoms with Gasteiger partial charge in [-0.2, -0.15) is 5.10 Å². The van der Waals surface area contributed by atoms with Crippen molar-refractivity contribution in [2.45, 2.75) is 19.5 Å². The van der Waals surface area contributed by atoms with Gasteiger partial charge in [0.1, 0.15) is 0 Å². The lowest BCUT2D eigenvalue weighted by molar-refractivity contribution is 0.253. The van der Waals surface area contributed by atoms with E-state index in [1.807, 2.05) is 41.5 Å². The zero-order chi connectivity index (χ0) is 15.4. The Labute approximate surface area is 131 Å². The molecule has 112 valence electrons. The first-order valence-corrected chi connectivity index (χ1v) is 7.43. The number of benzene rings is 1.